The van der Waals surface area contributed by atoms with E-state index >= 15 is 0 Å². The number of sulfone groups is 1. The Morgan fingerprint density at radius 2 is 1.71 bits per heavy atom. The van der Waals surface area contributed by atoms with E-state index in [4.69, 9.17) is 16.2 Å². The second kappa shape index (κ2) is 13.6. The molecule has 8 heteroatoms. The van der Waals surface area contributed by atoms with Gasteiger partial charge in [-0.05, 0) is 39.2 Å². The summed E-state index contributed by atoms with van der Waals surface area (Å²) in [6.07, 6.45) is 1.91. The molecule has 0 atom stereocenters. The Hall–Kier alpha value is -0.700. The Labute approximate surface area is 147 Å². The molecule has 146 valence electrons. The number of hydrogen-bond donors (Lipinski definition) is 3. The van der Waals surface area contributed by atoms with E-state index < -0.39 is 9.84 Å². The zero-order valence-electron chi connectivity index (χ0n) is 15.9. The molecule has 1 saturated heterocycles. The van der Waals surface area contributed by atoms with Crippen molar-refractivity contribution in [2.75, 3.05) is 38.3 Å². The summed E-state index contributed by atoms with van der Waals surface area (Å²) >= 11 is 0. The van der Waals surface area contributed by atoms with Crippen molar-refractivity contribution in [1.29, 1.82) is 0 Å². The summed E-state index contributed by atoms with van der Waals surface area (Å²) in [5, 5.41) is 2.80. The van der Waals surface area contributed by atoms with Crippen LogP contribution in [0.25, 0.3) is 0 Å². The van der Waals surface area contributed by atoms with Crippen molar-refractivity contribution in [1.82, 2.24) is 5.32 Å². The summed E-state index contributed by atoms with van der Waals surface area (Å²) in [6, 6.07) is 0. The van der Waals surface area contributed by atoms with Gasteiger partial charge in [-0.3, -0.25) is 4.79 Å². The van der Waals surface area contributed by atoms with E-state index in [-0.39, 0.29) is 11.4 Å². The van der Waals surface area contributed by atoms with Crippen molar-refractivity contribution in [2.24, 2.45) is 17.4 Å². The van der Waals surface area contributed by atoms with Crippen molar-refractivity contribution < 1.29 is 17.9 Å². The maximum atomic E-state index is 11.1. The lowest BCUT2D eigenvalue weighted by Crippen LogP contribution is -2.49. The minimum absolute atomic E-state index is 0.0210. The third kappa shape index (κ3) is 13.7. The average Bonchev–Trinajstić information content (AvgIpc) is 2.55. The van der Waals surface area contributed by atoms with Crippen molar-refractivity contribution in [2.45, 2.75) is 52.5 Å². The first-order valence-corrected chi connectivity index (χ1v) is 10.4. The SMILES string of the molecule is CC.COCCC(=O)NC(C)(C)CN.NCC1CCS(=O)(=O)CC1. The summed E-state index contributed by atoms with van der Waals surface area (Å²) < 4.78 is 26.5. The minimum atomic E-state index is -2.68. The summed E-state index contributed by atoms with van der Waals surface area (Å²) in [4.78, 5) is 11.1. The number of nitrogens with one attached hydrogen (secondary N) is 1. The van der Waals surface area contributed by atoms with Gasteiger partial charge in [0.2, 0.25) is 5.91 Å². The predicted octanol–water partition coefficient (Wildman–Crippen LogP) is 0.673. The van der Waals surface area contributed by atoms with Gasteiger partial charge in [0.1, 0.15) is 9.84 Å². The van der Waals surface area contributed by atoms with Crippen LogP contribution in [0.1, 0.15) is 47.0 Å². The summed E-state index contributed by atoms with van der Waals surface area (Å²) in [5.41, 5.74) is 10.5. The molecule has 24 heavy (non-hydrogen) atoms. The highest BCUT2D eigenvalue weighted by Gasteiger charge is 2.22. The zero-order chi connectivity index (χ0) is 19.2. The molecule has 1 amide bonds. The molecule has 0 aromatic carbocycles. The van der Waals surface area contributed by atoms with E-state index in [0.717, 1.165) is 12.8 Å². The van der Waals surface area contributed by atoms with E-state index in [9.17, 15) is 13.2 Å². The molecule has 0 radical (unpaired) electrons. The Balaban J connectivity index is 0. The molecular formula is C16H37N3O4S. The van der Waals surface area contributed by atoms with Crippen LogP contribution in [0.15, 0.2) is 0 Å². The van der Waals surface area contributed by atoms with Crippen molar-refractivity contribution in [3.63, 3.8) is 0 Å². The number of carbonyl (C=O) groups excluding carboxylic acids is 1. The average molecular weight is 368 g/mol. The van der Waals surface area contributed by atoms with Crippen LogP contribution >= 0.6 is 0 Å². The Morgan fingerprint density at radius 1 is 1.21 bits per heavy atom. The van der Waals surface area contributed by atoms with E-state index in [2.05, 4.69) is 5.32 Å². The topological polar surface area (TPSA) is 125 Å². The second-order valence-electron chi connectivity index (χ2n) is 6.21. The molecule has 7 nitrogen and oxygen atoms in total. The standard InChI is InChI=1S/C8H18N2O2.C6H13NO2S.C2H6/c1-8(2,6-9)10-7(11)4-5-12-3;7-5-6-1-3-10(8,9)4-2-6;1-2/h4-6,9H2,1-3H3,(H,10,11);6H,1-5,7H2;1-2H3. The fraction of sp³-hybridized carbons (Fsp3) is 0.938. The molecule has 0 aromatic rings. The normalized spacial score (nSPS) is 17.0. The van der Waals surface area contributed by atoms with Crippen LogP contribution in [0.5, 0.6) is 0 Å². The molecular weight excluding hydrogens is 330 g/mol. The summed E-state index contributed by atoms with van der Waals surface area (Å²) in [5.74, 6) is 1.11. The number of ether oxygens (including phenoxy) is 1. The number of amides is 1. The lowest BCUT2D eigenvalue weighted by atomic mass is 10.0. The molecule has 0 unspecified atom stereocenters. The van der Waals surface area contributed by atoms with Gasteiger partial charge < -0.3 is 21.5 Å². The van der Waals surface area contributed by atoms with Crippen molar-refractivity contribution in [3.8, 4) is 0 Å². The lowest BCUT2D eigenvalue weighted by molar-refractivity contribution is -0.123. The monoisotopic (exact) mass is 367 g/mol. The van der Waals surface area contributed by atoms with Gasteiger partial charge in [0.15, 0.2) is 0 Å². The van der Waals surface area contributed by atoms with Crippen LogP contribution in [-0.4, -0.2) is 58.2 Å². The number of hydrogen-bond acceptors (Lipinski definition) is 6. The molecule has 0 spiro atoms. The molecule has 5 N–H and O–H groups in total. The van der Waals surface area contributed by atoms with Gasteiger partial charge in [-0.15, -0.1) is 0 Å². The number of carbonyl (C=O) groups is 1. The maximum absolute atomic E-state index is 11.1. The Kier molecular flexibility index (Phi) is 14.4. The number of nitrogens with two attached hydrogens (primary N) is 2. The van der Waals surface area contributed by atoms with Crippen LogP contribution in [0.2, 0.25) is 0 Å². The first-order valence-electron chi connectivity index (χ1n) is 8.56. The second-order valence-corrected chi connectivity index (χ2v) is 8.51. The van der Waals surface area contributed by atoms with Crippen LogP contribution in [0, 0.1) is 5.92 Å². The first kappa shape index (κ1) is 25.5. The zero-order valence-corrected chi connectivity index (χ0v) is 16.7. The molecule has 0 saturated carbocycles. The number of rotatable bonds is 6. The Morgan fingerprint density at radius 3 is 2.08 bits per heavy atom. The maximum Gasteiger partial charge on any atom is 0.222 e. The highest BCUT2D eigenvalue weighted by Crippen LogP contribution is 2.16. The lowest BCUT2D eigenvalue weighted by Gasteiger charge is -2.23. The third-order valence-electron chi connectivity index (χ3n) is 3.53. The largest absolute Gasteiger partial charge is 0.384 e. The highest BCUT2D eigenvalue weighted by atomic mass is 32.2. The number of methoxy groups -OCH3 is 1. The van der Waals surface area contributed by atoms with Crippen LogP contribution in [0.3, 0.4) is 0 Å². The van der Waals surface area contributed by atoms with Gasteiger partial charge in [0, 0.05) is 25.6 Å². The van der Waals surface area contributed by atoms with Crippen LogP contribution in [-0.2, 0) is 19.4 Å². The van der Waals surface area contributed by atoms with Gasteiger partial charge >= 0.3 is 0 Å². The van der Waals surface area contributed by atoms with E-state index in [1.807, 2.05) is 27.7 Å². The summed E-state index contributed by atoms with van der Waals surface area (Å²) in [6.45, 7) is 9.29. The smallest absolute Gasteiger partial charge is 0.222 e. The van der Waals surface area contributed by atoms with Gasteiger partial charge in [0.05, 0.1) is 18.1 Å². The quantitative estimate of drug-likeness (QED) is 0.634. The third-order valence-corrected chi connectivity index (χ3v) is 5.24. The van der Waals surface area contributed by atoms with E-state index in [1.165, 1.54) is 0 Å². The van der Waals surface area contributed by atoms with Crippen LogP contribution < -0.4 is 16.8 Å². The molecule has 1 rings (SSSR count). The van der Waals surface area contributed by atoms with Gasteiger partial charge in [-0.1, -0.05) is 13.8 Å². The molecule has 0 bridgehead atoms. The highest BCUT2D eigenvalue weighted by molar-refractivity contribution is 7.91. The minimum Gasteiger partial charge on any atom is -0.384 e. The van der Waals surface area contributed by atoms with E-state index in [1.54, 1.807) is 7.11 Å². The molecule has 1 heterocycles. The van der Waals surface area contributed by atoms with Crippen molar-refractivity contribution >= 4 is 15.7 Å². The first-order chi connectivity index (χ1) is 11.2. The van der Waals surface area contributed by atoms with Gasteiger partial charge in [-0.25, -0.2) is 8.42 Å². The summed E-state index contributed by atoms with van der Waals surface area (Å²) in [7, 11) is -1.11. The fourth-order valence-electron chi connectivity index (χ4n) is 1.86. The van der Waals surface area contributed by atoms with Crippen molar-refractivity contribution in [3.05, 3.63) is 0 Å². The predicted molar refractivity (Wildman–Crippen MR) is 99.5 cm³/mol. The van der Waals surface area contributed by atoms with Gasteiger partial charge in [0.25, 0.3) is 0 Å². The molecule has 1 aliphatic heterocycles. The molecule has 1 aliphatic rings. The molecule has 1 fully saturated rings. The van der Waals surface area contributed by atoms with Crippen LogP contribution in [0.4, 0.5) is 0 Å². The Bertz CT molecular complexity index is 411. The molecule has 0 aliphatic carbocycles. The van der Waals surface area contributed by atoms with E-state index in [0.29, 0.717) is 43.5 Å². The fourth-order valence-corrected chi connectivity index (χ4v) is 3.45. The molecule has 0 aromatic heterocycles. The van der Waals surface area contributed by atoms with Gasteiger partial charge in [-0.2, -0.15) is 0 Å².